The summed E-state index contributed by atoms with van der Waals surface area (Å²) in [5.74, 6) is -2.50. The van der Waals surface area contributed by atoms with E-state index in [9.17, 15) is 24.0 Å². The van der Waals surface area contributed by atoms with Gasteiger partial charge < -0.3 is 29.0 Å². The standard InChI is InChI=1S/C25H43NO10/c1-7-11-21(28)32-15-19(26-18(6)27)25(36-24(31)14-10-4)35-20(16-33-22(29)12-8-2)17(5)34-23(30)13-9-3/h17,19-20,25H,7-16H2,1-6H3,(H,26,27)/t17-,19+,20?,25-/m0/s1. The molecule has 0 spiro atoms. The lowest BCUT2D eigenvalue weighted by atomic mass is 10.2. The summed E-state index contributed by atoms with van der Waals surface area (Å²) < 4.78 is 27.4. The van der Waals surface area contributed by atoms with Gasteiger partial charge in [-0.05, 0) is 32.6 Å². The highest BCUT2D eigenvalue weighted by atomic mass is 16.7. The fraction of sp³-hybridized carbons (Fsp3) is 0.800. The lowest BCUT2D eigenvalue weighted by Crippen LogP contribution is -2.52. The third-order valence-electron chi connectivity index (χ3n) is 4.76. The fourth-order valence-corrected chi connectivity index (χ4v) is 2.96. The van der Waals surface area contributed by atoms with Gasteiger partial charge in [0.2, 0.25) is 12.2 Å². The van der Waals surface area contributed by atoms with Crippen molar-refractivity contribution in [2.75, 3.05) is 13.2 Å². The third-order valence-corrected chi connectivity index (χ3v) is 4.76. The summed E-state index contributed by atoms with van der Waals surface area (Å²) in [4.78, 5) is 60.2. The van der Waals surface area contributed by atoms with Crippen LogP contribution in [0.5, 0.6) is 0 Å². The molecule has 0 aromatic carbocycles. The Kier molecular flexibility index (Phi) is 18.0. The molecule has 0 aliphatic heterocycles. The van der Waals surface area contributed by atoms with Crippen molar-refractivity contribution in [1.29, 1.82) is 0 Å². The molecule has 0 aliphatic rings. The first kappa shape index (κ1) is 33.3. The molecular formula is C25H43NO10. The van der Waals surface area contributed by atoms with Gasteiger partial charge in [0.25, 0.3) is 0 Å². The maximum Gasteiger partial charge on any atom is 0.308 e. The average Bonchev–Trinajstić information content (AvgIpc) is 2.79. The summed E-state index contributed by atoms with van der Waals surface area (Å²) in [6, 6.07) is -1.06. The van der Waals surface area contributed by atoms with Crippen LogP contribution in [-0.4, -0.2) is 67.5 Å². The van der Waals surface area contributed by atoms with Crippen LogP contribution in [0.4, 0.5) is 0 Å². The molecular weight excluding hydrogens is 474 g/mol. The van der Waals surface area contributed by atoms with E-state index >= 15 is 0 Å². The first-order chi connectivity index (χ1) is 17.1. The van der Waals surface area contributed by atoms with Crippen LogP contribution in [0.25, 0.3) is 0 Å². The lowest BCUT2D eigenvalue weighted by molar-refractivity contribution is -0.224. The molecule has 1 N–H and O–H groups in total. The molecule has 0 aromatic rings. The lowest BCUT2D eigenvalue weighted by Gasteiger charge is -2.32. The quantitative estimate of drug-likeness (QED) is 0.154. The zero-order valence-electron chi connectivity index (χ0n) is 22.5. The third kappa shape index (κ3) is 15.3. The van der Waals surface area contributed by atoms with Crippen LogP contribution in [0.3, 0.4) is 0 Å². The molecule has 11 nitrogen and oxygen atoms in total. The predicted octanol–water partition coefficient (Wildman–Crippen LogP) is 2.96. The van der Waals surface area contributed by atoms with Crippen LogP contribution in [-0.2, 0) is 47.7 Å². The van der Waals surface area contributed by atoms with Crippen LogP contribution in [0.15, 0.2) is 0 Å². The Hall–Kier alpha value is -2.69. The van der Waals surface area contributed by atoms with Crippen molar-refractivity contribution in [2.45, 2.75) is 117 Å². The fourth-order valence-electron chi connectivity index (χ4n) is 2.96. The topological polar surface area (TPSA) is 144 Å². The minimum atomic E-state index is -1.41. The van der Waals surface area contributed by atoms with Gasteiger partial charge in [-0.15, -0.1) is 0 Å². The Morgan fingerprint density at radius 2 is 1.11 bits per heavy atom. The normalized spacial score (nSPS) is 14.1. The SMILES string of the molecule is CCCC(=O)OCC(O[C@@H](OC(=O)CCC)[C@@H](COC(=O)CCC)NC(C)=O)[C@H](C)OC(=O)CCC. The number of carbonyl (C=O) groups is 5. The summed E-state index contributed by atoms with van der Waals surface area (Å²) in [5, 5.41) is 2.58. The van der Waals surface area contributed by atoms with E-state index in [1.807, 2.05) is 20.8 Å². The van der Waals surface area contributed by atoms with Crippen LogP contribution in [0.2, 0.25) is 0 Å². The molecule has 0 radical (unpaired) electrons. The highest BCUT2D eigenvalue weighted by Gasteiger charge is 2.34. The van der Waals surface area contributed by atoms with E-state index in [4.69, 9.17) is 23.7 Å². The second-order valence-electron chi connectivity index (χ2n) is 8.40. The number of esters is 4. The zero-order valence-corrected chi connectivity index (χ0v) is 22.5. The number of carbonyl (C=O) groups excluding carboxylic acids is 5. The van der Waals surface area contributed by atoms with E-state index in [0.717, 1.165) is 0 Å². The molecule has 36 heavy (non-hydrogen) atoms. The Labute approximate surface area is 213 Å². The van der Waals surface area contributed by atoms with Gasteiger partial charge in [0.15, 0.2) is 0 Å². The monoisotopic (exact) mass is 517 g/mol. The molecule has 0 heterocycles. The zero-order chi connectivity index (χ0) is 27.5. The number of ether oxygens (including phenoxy) is 5. The van der Waals surface area contributed by atoms with Crippen molar-refractivity contribution < 1.29 is 47.7 Å². The molecule has 1 unspecified atom stereocenters. The number of nitrogens with one attached hydrogen (secondary N) is 1. The minimum absolute atomic E-state index is 0.0828. The second-order valence-corrected chi connectivity index (χ2v) is 8.40. The van der Waals surface area contributed by atoms with Crippen molar-refractivity contribution in [3.8, 4) is 0 Å². The van der Waals surface area contributed by atoms with Gasteiger partial charge in [0.1, 0.15) is 31.5 Å². The summed E-state index contributed by atoms with van der Waals surface area (Å²) in [5.41, 5.74) is 0. The number of hydrogen-bond donors (Lipinski definition) is 1. The van der Waals surface area contributed by atoms with Gasteiger partial charge in [-0.1, -0.05) is 27.7 Å². The average molecular weight is 518 g/mol. The van der Waals surface area contributed by atoms with Gasteiger partial charge in [-0.25, -0.2) is 0 Å². The molecule has 1 amide bonds. The van der Waals surface area contributed by atoms with E-state index in [1.165, 1.54) is 6.92 Å². The van der Waals surface area contributed by atoms with Gasteiger partial charge in [-0.2, -0.15) is 0 Å². The molecule has 11 heteroatoms. The highest BCUT2D eigenvalue weighted by Crippen LogP contribution is 2.16. The second kappa shape index (κ2) is 19.5. The van der Waals surface area contributed by atoms with Crippen molar-refractivity contribution in [3.63, 3.8) is 0 Å². The van der Waals surface area contributed by atoms with Crippen LogP contribution < -0.4 is 5.32 Å². The first-order valence-corrected chi connectivity index (χ1v) is 12.7. The maximum atomic E-state index is 12.4. The Bertz CT molecular complexity index is 696. The van der Waals surface area contributed by atoms with E-state index < -0.39 is 54.3 Å². The Balaban J connectivity index is 5.90. The molecule has 208 valence electrons. The van der Waals surface area contributed by atoms with Gasteiger partial charge >= 0.3 is 23.9 Å². The van der Waals surface area contributed by atoms with E-state index in [0.29, 0.717) is 25.7 Å². The summed E-state index contributed by atoms with van der Waals surface area (Å²) in [6.07, 6.45) is -0.467. The Morgan fingerprint density at radius 3 is 1.58 bits per heavy atom. The van der Waals surface area contributed by atoms with Crippen LogP contribution in [0.1, 0.15) is 92.9 Å². The van der Waals surface area contributed by atoms with Gasteiger partial charge in [0.05, 0.1) is 0 Å². The predicted molar refractivity (Wildman–Crippen MR) is 129 cm³/mol. The highest BCUT2D eigenvalue weighted by molar-refractivity contribution is 5.74. The molecule has 0 bridgehead atoms. The first-order valence-electron chi connectivity index (χ1n) is 12.7. The van der Waals surface area contributed by atoms with Gasteiger partial charge in [-0.3, -0.25) is 24.0 Å². The summed E-state index contributed by atoms with van der Waals surface area (Å²) in [6.45, 7) is 9.46. The summed E-state index contributed by atoms with van der Waals surface area (Å²) in [7, 11) is 0. The Morgan fingerprint density at radius 1 is 0.667 bits per heavy atom. The molecule has 0 saturated heterocycles. The van der Waals surface area contributed by atoms with E-state index in [-0.39, 0.29) is 38.9 Å². The van der Waals surface area contributed by atoms with Gasteiger partial charge in [0, 0.05) is 32.6 Å². The molecule has 0 rings (SSSR count). The molecule has 0 aromatic heterocycles. The minimum Gasteiger partial charge on any atom is -0.463 e. The molecule has 0 aliphatic carbocycles. The van der Waals surface area contributed by atoms with Crippen molar-refractivity contribution in [3.05, 3.63) is 0 Å². The number of rotatable bonds is 19. The van der Waals surface area contributed by atoms with Crippen LogP contribution >= 0.6 is 0 Å². The molecule has 0 fully saturated rings. The smallest absolute Gasteiger partial charge is 0.308 e. The van der Waals surface area contributed by atoms with Crippen molar-refractivity contribution in [1.82, 2.24) is 5.32 Å². The maximum absolute atomic E-state index is 12.4. The van der Waals surface area contributed by atoms with Crippen LogP contribution in [0, 0.1) is 0 Å². The summed E-state index contributed by atoms with van der Waals surface area (Å²) >= 11 is 0. The van der Waals surface area contributed by atoms with Crippen molar-refractivity contribution >= 4 is 29.8 Å². The van der Waals surface area contributed by atoms with E-state index in [2.05, 4.69) is 5.32 Å². The van der Waals surface area contributed by atoms with Crippen molar-refractivity contribution in [2.24, 2.45) is 0 Å². The molecule has 0 saturated carbocycles. The number of hydrogen-bond acceptors (Lipinski definition) is 10. The number of amides is 1. The van der Waals surface area contributed by atoms with E-state index in [1.54, 1.807) is 13.8 Å². The largest absolute Gasteiger partial charge is 0.463 e. The molecule has 4 atom stereocenters.